The average molecular weight is 256 g/mol. The van der Waals surface area contributed by atoms with Gasteiger partial charge in [0.15, 0.2) is 0 Å². The maximum absolute atomic E-state index is 12.9. The van der Waals surface area contributed by atoms with Gasteiger partial charge in [0.05, 0.1) is 34.8 Å². The van der Waals surface area contributed by atoms with Crippen LogP contribution in [0, 0.1) is 17.1 Å². The SMILES string of the molecule is N#Cc1ccc(NC(=O)c2cncc(F)c2)c(N)c1. The number of nitrogens with zero attached hydrogens (tertiary/aromatic N) is 2. The highest BCUT2D eigenvalue weighted by molar-refractivity contribution is 6.05. The lowest BCUT2D eigenvalue weighted by atomic mass is 10.2. The molecule has 0 fully saturated rings. The summed E-state index contributed by atoms with van der Waals surface area (Å²) in [7, 11) is 0. The van der Waals surface area contributed by atoms with Crippen molar-refractivity contribution in [3.05, 3.63) is 53.6 Å². The fourth-order valence-corrected chi connectivity index (χ4v) is 1.48. The lowest BCUT2D eigenvalue weighted by Gasteiger charge is -2.08. The molecule has 0 aliphatic carbocycles. The summed E-state index contributed by atoms with van der Waals surface area (Å²) < 4.78 is 12.9. The van der Waals surface area contributed by atoms with E-state index in [2.05, 4.69) is 10.3 Å². The summed E-state index contributed by atoms with van der Waals surface area (Å²) in [5.41, 5.74) is 6.79. The molecule has 0 radical (unpaired) electrons. The van der Waals surface area contributed by atoms with Crippen molar-refractivity contribution in [2.75, 3.05) is 11.1 Å². The molecule has 0 aliphatic rings. The number of aromatic nitrogens is 1. The van der Waals surface area contributed by atoms with Gasteiger partial charge in [-0.05, 0) is 24.3 Å². The summed E-state index contributed by atoms with van der Waals surface area (Å²) in [6.07, 6.45) is 2.26. The summed E-state index contributed by atoms with van der Waals surface area (Å²) in [6.45, 7) is 0. The van der Waals surface area contributed by atoms with Crippen LogP contribution in [-0.4, -0.2) is 10.9 Å². The zero-order valence-electron chi connectivity index (χ0n) is 9.72. The molecule has 6 heteroatoms. The van der Waals surface area contributed by atoms with E-state index in [-0.39, 0.29) is 11.3 Å². The van der Waals surface area contributed by atoms with Crippen LogP contribution in [0.4, 0.5) is 15.8 Å². The molecule has 0 atom stereocenters. The van der Waals surface area contributed by atoms with Crippen molar-refractivity contribution in [1.82, 2.24) is 4.98 Å². The minimum atomic E-state index is -0.597. The predicted octanol–water partition coefficient (Wildman–Crippen LogP) is 1.93. The second-order valence-electron chi connectivity index (χ2n) is 3.76. The summed E-state index contributed by atoms with van der Waals surface area (Å²) in [6, 6.07) is 7.49. The van der Waals surface area contributed by atoms with Crippen molar-refractivity contribution in [1.29, 1.82) is 5.26 Å². The number of rotatable bonds is 2. The van der Waals surface area contributed by atoms with Crippen molar-refractivity contribution in [2.45, 2.75) is 0 Å². The molecule has 0 spiro atoms. The summed E-state index contributed by atoms with van der Waals surface area (Å²) in [4.78, 5) is 15.4. The van der Waals surface area contributed by atoms with Crippen LogP contribution in [0.25, 0.3) is 0 Å². The number of pyridine rings is 1. The smallest absolute Gasteiger partial charge is 0.257 e. The van der Waals surface area contributed by atoms with Gasteiger partial charge in [-0.15, -0.1) is 0 Å². The van der Waals surface area contributed by atoms with E-state index < -0.39 is 11.7 Å². The van der Waals surface area contributed by atoms with Gasteiger partial charge in [-0.25, -0.2) is 4.39 Å². The lowest BCUT2D eigenvalue weighted by Crippen LogP contribution is -2.13. The van der Waals surface area contributed by atoms with Crippen LogP contribution in [0.15, 0.2) is 36.7 Å². The lowest BCUT2D eigenvalue weighted by molar-refractivity contribution is 0.102. The van der Waals surface area contributed by atoms with Gasteiger partial charge in [-0.3, -0.25) is 9.78 Å². The van der Waals surface area contributed by atoms with Crippen molar-refractivity contribution >= 4 is 17.3 Å². The Morgan fingerprint density at radius 3 is 2.79 bits per heavy atom. The van der Waals surface area contributed by atoms with Crippen LogP contribution >= 0.6 is 0 Å². The van der Waals surface area contributed by atoms with Crippen LogP contribution < -0.4 is 11.1 Å². The number of nitrogen functional groups attached to an aromatic ring is 1. The fourth-order valence-electron chi connectivity index (χ4n) is 1.48. The number of nitrogens with two attached hydrogens (primary N) is 1. The van der Waals surface area contributed by atoms with Gasteiger partial charge in [0.2, 0.25) is 0 Å². The number of amides is 1. The van der Waals surface area contributed by atoms with E-state index >= 15 is 0 Å². The zero-order chi connectivity index (χ0) is 13.8. The van der Waals surface area contributed by atoms with Crippen LogP contribution in [-0.2, 0) is 0 Å². The molecule has 1 aromatic carbocycles. The Balaban J connectivity index is 2.22. The zero-order valence-corrected chi connectivity index (χ0v) is 9.72. The molecule has 3 N–H and O–H groups in total. The molecule has 0 bridgehead atoms. The van der Waals surface area contributed by atoms with Crippen molar-refractivity contribution in [3.63, 3.8) is 0 Å². The highest BCUT2D eigenvalue weighted by atomic mass is 19.1. The van der Waals surface area contributed by atoms with Gasteiger partial charge in [-0.1, -0.05) is 0 Å². The Labute approximate surface area is 108 Å². The number of nitrogens with one attached hydrogen (secondary N) is 1. The monoisotopic (exact) mass is 256 g/mol. The summed E-state index contributed by atoms with van der Waals surface area (Å²) in [5, 5.41) is 11.2. The Bertz CT molecular complexity index is 679. The first-order valence-electron chi connectivity index (χ1n) is 5.31. The Morgan fingerprint density at radius 2 is 2.16 bits per heavy atom. The van der Waals surface area contributed by atoms with Gasteiger partial charge in [-0.2, -0.15) is 5.26 Å². The Hall–Kier alpha value is -2.94. The molecule has 1 heterocycles. The number of nitriles is 1. The Morgan fingerprint density at radius 1 is 1.37 bits per heavy atom. The third kappa shape index (κ3) is 2.84. The standard InChI is InChI=1S/C13H9FN4O/c14-10-4-9(6-17-7-10)13(19)18-12-2-1-8(5-15)3-11(12)16/h1-4,6-7H,16H2,(H,18,19). The first-order valence-corrected chi connectivity index (χ1v) is 5.31. The Kier molecular flexibility index (Phi) is 3.39. The average Bonchev–Trinajstić information content (AvgIpc) is 2.41. The first kappa shape index (κ1) is 12.5. The highest BCUT2D eigenvalue weighted by Gasteiger charge is 2.09. The van der Waals surface area contributed by atoms with Gasteiger partial charge >= 0.3 is 0 Å². The molecular weight excluding hydrogens is 247 g/mol. The number of carbonyl (C=O) groups is 1. The van der Waals surface area contributed by atoms with E-state index in [1.165, 1.54) is 24.4 Å². The topological polar surface area (TPSA) is 91.8 Å². The van der Waals surface area contributed by atoms with E-state index in [1.807, 2.05) is 6.07 Å². The third-order valence-electron chi connectivity index (χ3n) is 2.40. The number of carbonyl (C=O) groups excluding carboxylic acids is 1. The second-order valence-corrected chi connectivity index (χ2v) is 3.76. The first-order chi connectivity index (χ1) is 9.10. The fraction of sp³-hybridized carbons (Fsp3) is 0. The maximum Gasteiger partial charge on any atom is 0.257 e. The van der Waals surface area contributed by atoms with Gasteiger partial charge in [0.1, 0.15) is 5.82 Å². The molecule has 1 amide bonds. The van der Waals surface area contributed by atoms with Crippen LogP contribution in [0.3, 0.4) is 0 Å². The van der Waals surface area contributed by atoms with E-state index in [0.29, 0.717) is 11.3 Å². The molecule has 5 nitrogen and oxygen atoms in total. The van der Waals surface area contributed by atoms with Gasteiger partial charge in [0, 0.05) is 6.20 Å². The summed E-state index contributed by atoms with van der Waals surface area (Å²) in [5.74, 6) is -1.12. The van der Waals surface area contributed by atoms with Crippen molar-refractivity contribution < 1.29 is 9.18 Å². The van der Waals surface area contributed by atoms with E-state index in [1.54, 1.807) is 0 Å². The van der Waals surface area contributed by atoms with E-state index in [9.17, 15) is 9.18 Å². The minimum Gasteiger partial charge on any atom is -0.397 e. The minimum absolute atomic E-state index is 0.0868. The van der Waals surface area contributed by atoms with E-state index in [0.717, 1.165) is 12.3 Å². The van der Waals surface area contributed by atoms with Gasteiger partial charge in [0.25, 0.3) is 5.91 Å². The number of anilines is 2. The molecular formula is C13H9FN4O. The second kappa shape index (κ2) is 5.14. The number of halogens is 1. The molecule has 2 aromatic rings. The molecule has 0 aliphatic heterocycles. The van der Waals surface area contributed by atoms with Gasteiger partial charge < -0.3 is 11.1 Å². The maximum atomic E-state index is 12.9. The molecule has 1 aromatic heterocycles. The predicted molar refractivity (Wildman–Crippen MR) is 67.7 cm³/mol. The van der Waals surface area contributed by atoms with Crippen LogP contribution in [0.1, 0.15) is 15.9 Å². The summed E-state index contributed by atoms with van der Waals surface area (Å²) >= 11 is 0. The normalized spacial score (nSPS) is 9.68. The van der Waals surface area contributed by atoms with Crippen LogP contribution in [0.2, 0.25) is 0 Å². The highest BCUT2D eigenvalue weighted by Crippen LogP contribution is 2.20. The number of hydrogen-bond donors (Lipinski definition) is 2. The molecule has 94 valence electrons. The molecule has 2 rings (SSSR count). The molecule has 19 heavy (non-hydrogen) atoms. The van der Waals surface area contributed by atoms with Crippen molar-refractivity contribution in [2.24, 2.45) is 0 Å². The molecule has 0 saturated carbocycles. The largest absolute Gasteiger partial charge is 0.397 e. The number of benzene rings is 1. The van der Waals surface area contributed by atoms with E-state index in [4.69, 9.17) is 11.0 Å². The quantitative estimate of drug-likeness (QED) is 0.803. The van der Waals surface area contributed by atoms with Crippen LogP contribution in [0.5, 0.6) is 0 Å². The molecule has 0 unspecified atom stereocenters. The third-order valence-corrected chi connectivity index (χ3v) is 2.40. The van der Waals surface area contributed by atoms with Crippen molar-refractivity contribution in [3.8, 4) is 6.07 Å². The number of hydrogen-bond acceptors (Lipinski definition) is 4. The molecule has 0 saturated heterocycles.